The summed E-state index contributed by atoms with van der Waals surface area (Å²) < 4.78 is 1.72. The fourth-order valence-electron chi connectivity index (χ4n) is 1.76. The van der Waals surface area contributed by atoms with Crippen LogP contribution in [0.5, 0.6) is 0 Å². The molecule has 1 amide bonds. The quantitative estimate of drug-likeness (QED) is 0.784. The highest BCUT2D eigenvalue weighted by molar-refractivity contribution is 5.91. The van der Waals surface area contributed by atoms with Crippen LogP contribution in [0, 0.1) is 5.92 Å². The number of amides is 1. The lowest BCUT2D eigenvalue weighted by molar-refractivity contribution is -0.117. The first-order valence-corrected chi connectivity index (χ1v) is 6.13. The molecule has 0 aliphatic rings. The third-order valence-electron chi connectivity index (χ3n) is 2.90. The van der Waals surface area contributed by atoms with E-state index in [9.17, 15) is 4.79 Å². The van der Waals surface area contributed by atoms with Gasteiger partial charge in [-0.3, -0.25) is 9.48 Å². The highest BCUT2D eigenvalue weighted by Crippen LogP contribution is 2.15. The summed E-state index contributed by atoms with van der Waals surface area (Å²) in [5.74, 6) is 0.279. The molecule has 1 rings (SSSR count). The van der Waals surface area contributed by atoms with Gasteiger partial charge in [-0.1, -0.05) is 20.3 Å². The maximum absolute atomic E-state index is 11.8. The van der Waals surface area contributed by atoms with E-state index in [1.54, 1.807) is 4.68 Å². The maximum atomic E-state index is 11.8. The summed E-state index contributed by atoms with van der Waals surface area (Å²) in [6, 6.07) is 0. The van der Waals surface area contributed by atoms with Crippen molar-refractivity contribution in [3.05, 3.63) is 11.9 Å². The molecule has 1 heterocycles. The molecule has 0 bridgehead atoms. The molecular weight excluding hydrogens is 216 g/mol. The number of carbonyl (C=O) groups excluding carboxylic acids is 1. The summed E-state index contributed by atoms with van der Waals surface area (Å²) in [6.45, 7) is 4.62. The molecule has 0 radical (unpaired) electrons. The summed E-state index contributed by atoms with van der Waals surface area (Å²) in [6.07, 6.45) is 4.05. The molecule has 0 aliphatic heterocycles. The summed E-state index contributed by atoms with van der Waals surface area (Å²) in [5, 5.41) is 7.18. The molecule has 0 spiro atoms. The van der Waals surface area contributed by atoms with E-state index in [0.717, 1.165) is 24.2 Å². The van der Waals surface area contributed by atoms with Gasteiger partial charge in [-0.05, 0) is 18.9 Å². The van der Waals surface area contributed by atoms with Crippen molar-refractivity contribution >= 4 is 11.6 Å². The smallest absolute Gasteiger partial charge is 0.224 e. The van der Waals surface area contributed by atoms with Crippen molar-refractivity contribution < 1.29 is 4.79 Å². The van der Waals surface area contributed by atoms with Crippen molar-refractivity contribution in [2.45, 2.75) is 33.1 Å². The van der Waals surface area contributed by atoms with E-state index in [1.807, 2.05) is 27.1 Å². The van der Waals surface area contributed by atoms with Gasteiger partial charge in [-0.2, -0.15) is 5.10 Å². The molecule has 0 saturated heterocycles. The van der Waals surface area contributed by atoms with Gasteiger partial charge < -0.3 is 11.1 Å². The van der Waals surface area contributed by atoms with Crippen LogP contribution < -0.4 is 11.1 Å². The molecule has 1 atom stereocenters. The van der Waals surface area contributed by atoms with Gasteiger partial charge in [-0.15, -0.1) is 0 Å². The number of aromatic nitrogens is 2. The van der Waals surface area contributed by atoms with E-state index in [1.165, 1.54) is 0 Å². The highest BCUT2D eigenvalue weighted by atomic mass is 16.1. The summed E-state index contributed by atoms with van der Waals surface area (Å²) in [7, 11) is 1.85. The zero-order valence-corrected chi connectivity index (χ0v) is 10.9. The maximum Gasteiger partial charge on any atom is 0.224 e. The minimum Gasteiger partial charge on any atom is -0.330 e. The number of hydrogen-bond donors (Lipinski definition) is 2. The second-order valence-corrected chi connectivity index (χ2v) is 4.28. The van der Waals surface area contributed by atoms with Gasteiger partial charge in [0.1, 0.15) is 0 Å². The van der Waals surface area contributed by atoms with Crippen LogP contribution in [0.25, 0.3) is 0 Å². The van der Waals surface area contributed by atoms with Crippen LogP contribution in [0.1, 0.15) is 32.4 Å². The number of carbonyl (C=O) groups is 1. The van der Waals surface area contributed by atoms with Crippen LogP contribution in [0.4, 0.5) is 5.69 Å². The predicted octanol–water partition coefficient (Wildman–Crippen LogP) is 1.30. The zero-order chi connectivity index (χ0) is 12.8. The van der Waals surface area contributed by atoms with Crippen molar-refractivity contribution in [3.8, 4) is 0 Å². The Bertz CT molecular complexity index is 369. The molecule has 0 aliphatic carbocycles. The Kier molecular flexibility index (Phi) is 5.15. The Morgan fingerprint density at radius 2 is 2.29 bits per heavy atom. The number of anilines is 1. The third kappa shape index (κ3) is 3.85. The number of nitrogens with one attached hydrogen (secondary N) is 1. The Morgan fingerprint density at radius 1 is 1.59 bits per heavy atom. The third-order valence-corrected chi connectivity index (χ3v) is 2.90. The van der Waals surface area contributed by atoms with Crippen molar-refractivity contribution in [1.82, 2.24) is 9.78 Å². The molecule has 0 aromatic carbocycles. The van der Waals surface area contributed by atoms with Crippen LogP contribution in [-0.2, 0) is 18.3 Å². The van der Waals surface area contributed by atoms with E-state index in [0.29, 0.717) is 13.0 Å². The standard InChI is InChI=1S/C12H22N4O/c1-4-9(7-13)6-12(17)14-11-8-16(3)15-10(11)5-2/h8-9H,4-7,13H2,1-3H3,(H,14,17). The Hall–Kier alpha value is -1.36. The molecule has 3 N–H and O–H groups in total. The van der Waals surface area contributed by atoms with Gasteiger partial charge in [0.15, 0.2) is 0 Å². The van der Waals surface area contributed by atoms with Crippen molar-refractivity contribution in [2.75, 3.05) is 11.9 Å². The minimum atomic E-state index is 0.0185. The summed E-state index contributed by atoms with van der Waals surface area (Å²) >= 11 is 0. The predicted molar refractivity (Wildman–Crippen MR) is 68.7 cm³/mol. The fraction of sp³-hybridized carbons (Fsp3) is 0.667. The molecule has 5 heteroatoms. The number of nitrogens with zero attached hydrogens (tertiary/aromatic N) is 2. The van der Waals surface area contributed by atoms with E-state index >= 15 is 0 Å². The molecule has 17 heavy (non-hydrogen) atoms. The van der Waals surface area contributed by atoms with Crippen LogP contribution in [0.3, 0.4) is 0 Å². The van der Waals surface area contributed by atoms with E-state index in [4.69, 9.17) is 5.73 Å². The molecule has 0 fully saturated rings. The lowest BCUT2D eigenvalue weighted by Gasteiger charge is -2.11. The van der Waals surface area contributed by atoms with Crippen LogP contribution in [-0.4, -0.2) is 22.2 Å². The van der Waals surface area contributed by atoms with E-state index in [-0.39, 0.29) is 11.8 Å². The van der Waals surface area contributed by atoms with Gasteiger partial charge >= 0.3 is 0 Å². The van der Waals surface area contributed by atoms with E-state index in [2.05, 4.69) is 10.4 Å². The Morgan fingerprint density at radius 3 is 2.82 bits per heavy atom. The second-order valence-electron chi connectivity index (χ2n) is 4.28. The first-order valence-electron chi connectivity index (χ1n) is 6.13. The number of nitrogens with two attached hydrogens (primary N) is 1. The van der Waals surface area contributed by atoms with Gasteiger partial charge in [0.25, 0.3) is 0 Å². The van der Waals surface area contributed by atoms with Gasteiger partial charge in [0, 0.05) is 19.7 Å². The molecule has 1 aromatic rings. The number of hydrogen-bond acceptors (Lipinski definition) is 3. The van der Waals surface area contributed by atoms with Crippen molar-refractivity contribution in [2.24, 2.45) is 18.7 Å². The minimum absolute atomic E-state index is 0.0185. The molecule has 96 valence electrons. The Labute approximate surface area is 102 Å². The number of rotatable bonds is 6. The summed E-state index contributed by atoms with van der Waals surface area (Å²) in [4.78, 5) is 11.8. The van der Waals surface area contributed by atoms with Crippen LogP contribution in [0.15, 0.2) is 6.20 Å². The molecule has 5 nitrogen and oxygen atoms in total. The van der Waals surface area contributed by atoms with Gasteiger partial charge in [-0.25, -0.2) is 0 Å². The van der Waals surface area contributed by atoms with Crippen molar-refractivity contribution in [3.63, 3.8) is 0 Å². The first kappa shape index (κ1) is 13.7. The lowest BCUT2D eigenvalue weighted by atomic mass is 10.0. The largest absolute Gasteiger partial charge is 0.330 e. The molecule has 0 saturated carbocycles. The van der Waals surface area contributed by atoms with Gasteiger partial charge in [0.05, 0.1) is 11.4 Å². The SMILES string of the molecule is CCc1nn(C)cc1NC(=O)CC(CC)CN. The average molecular weight is 238 g/mol. The highest BCUT2D eigenvalue weighted by Gasteiger charge is 2.13. The zero-order valence-electron chi connectivity index (χ0n) is 10.9. The van der Waals surface area contributed by atoms with Crippen molar-refractivity contribution in [1.29, 1.82) is 0 Å². The van der Waals surface area contributed by atoms with Gasteiger partial charge in [0.2, 0.25) is 5.91 Å². The van der Waals surface area contributed by atoms with E-state index < -0.39 is 0 Å². The lowest BCUT2D eigenvalue weighted by Crippen LogP contribution is -2.21. The molecule has 1 unspecified atom stereocenters. The number of aryl methyl sites for hydroxylation is 2. The van der Waals surface area contributed by atoms with Crippen LogP contribution in [0.2, 0.25) is 0 Å². The molecular formula is C12H22N4O. The van der Waals surface area contributed by atoms with Crippen LogP contribution >= 0.6 is 0 Å². The topological polar surface area (TPSA) is 72.9 Å². The monoisotopic (exact) mass is 238 g/mol. The summed E-state index contributed by atoms with van der Waals surface area (Å²) in [5.41, 5.74) is 7.32. The Balaban J connectivity index is 2.61. The fourth-order valence-corrected chi connectivity index (χ4v) is 1.76. The first-order chi connectivity index (χ1) is 8.10. The second kappa shape index (κ2) is 6.39. The normalized spacial score (nSPS) is 12.5. The molecule has 1 aromatic heterocycles. The average Bonchev–Trinajstić information content (AvgIpc) is 2.66.